The molecule has 0 aromatic heterocycles. The molecule has 1 unspecified atom stereocenters. The first-order valence-electron chi connectivity index (χ1n) is 9.31. The van der Waals surface area contributed by atoms with Crippen LogP contribution in [0.1, 0.15) is 26.2 Å². The Morgan fingerprint density at radius 3 is 2.78 bits per heavy atom. The Morgan fingerprint density at radius 1 is 1.19 bits per heavy atom. The fraction of sp³-hybridized carbons (Fsp3) is 0.381. The summed E-state index contributed by atoms with van der Waals surface area (Å²) >= 11 is 0. The smallest absolute Gasteiger partial charge is 0.305 e. The summed E-state index contributed by atoms with van der Waals surface area (Å²) in [5, 5.41) is 4.89. The number of carbonyl (C=O) groups is 3. The first-order chi connectivity index (χ1) is 13.1. The SMILES string of the molecule is CCOC(=O)CCCNC(=O)C1CC(=O)N(c2cccc3ccccc23)C1. The number of esters is 1. The average molecular weight is 368 g/mol. The molecule has 1 fully saturated rings. The minimum Gasteiger partial charge on any atom is -0.466 e. The molecular weight excluding hydrogens is 344 g/mol. The normalized spacial score (nSPS) is 16.6. The van der Waals surface area contributed by atoms with Crippen LogP contribution in [0.5, 0.6) is 0 Å². The first-order valence-corrected chi connectivity index (χ1v) is 9.31. The van der Waals surface area contributed by atoms with Crippen molar-refractivity contribution in [3.05, 3.63) is 42.5 Å². The summed E-state index contributed by atoms with van der Waals surface area (Å²) in [7, 11) is 0. The van der Waals surface area contributed by atoms with Gasteiger partial charge in [-0.25, -0.2) is 0 Å². The molecule has 0 radical (unpaired) electrons. The lowest BCUT2D eigenvalue weighted by atomic mass is 10.1. The lowest BCUT2D eigenvalue weighted by molar-refractivity contribution is -0.143. The molecule has 1 aliphatic heterocycles. The van der Waals surface area contributed by atoms with E-state index in [9.17, 15) is 14.4 Å². The van der Waals surface area contributed by atoms with E-state index < -0.39 is 0 Å². The largest absolute Gasteiger partial charge is 0.466 e. The summed E-state index contributed by atoms with van der Waals surface area (Å²) in [5.74, 6) is -0.822. The van der Waals surface area contributed by atoms with Crippen molar-refractivity contribution in [2.75, 3.05) is 24.6 Å². The van der Waals surface area contributed by atoms with Crippen molar-refractivity contribution in [2.24, 2.45) is 5.92 Å². The number of fused-ring (bicyclic) bond motifs is 1. The molecule has 3 rings (SSSR count). The van der Waals surface area contributed by atoms with Gasteiger partial charge in [0.2, 0.25) is 11.8 Å². The van der Waals surface area contributed by atoms with Crippen molar-refractivity contribution in [1.29, 1.82) is 0 Å². The fourth-order valence-corrected chi connectivity index (χ4v) is 3.38. The number of benzene rings is 2. The molecule has 6 nitrogen and oxygen atoms in total. The second-order valence-electron chi connectivity index (χ2n) is 6.60. The van der Waals surface area contributed by atoms with Gasteiger partial charge >= 0.3 is 5.97 Å². The molecule has 1 heterocycles. The maximum Gasteiger partial charge on any atom is 0.305 e. The van der Waals surface area contributed by atoms with Crippen molar-refractivity contribution >= 4 is 34.2 Å². The van der Waals surface area contributed by atoms with Crippen molar-refractivity contribution in [3.8, 4) is 0 Å². The number of amides is 2. The first kappa shape index (κ1) is 18.9. The highest BCUT2D eigenvalue weighted by Crippen LogP contribution is 2.31. The third-order valence-electron chi connectivity index (χ3n) is 4.72. The quantitative estimate of drug-likeness (QED) is 0.602. The van der Waals surface area contributed by atoms with Gasteiger partial charge in [-0.1, -0.05) is 36.4 Å². The molecule has 0 spiro atoms. The molecule has 1 saturated heterocycles. The summed E-state index contributed by atoms with van der Waals surface area (Å²) < 4.78 is 4.86. The third kappa shape index (κ3) is 4.45. The lowest BCUT2D eigenvalue weighted by Crippen LogP contribution is -2.33. The van der Waals surface area contributed by atoms with Gasteiger partial charge in [-0.2, -0.15) is 0 Å². The zero-order valence-electron chi connectivity index (χ0n) is 15.4. The van der Waals surface area contributed by atoms with E-state index in [1.54, 1.807) is 11.8 Å². The fourth-order valence-electron chi connectivity index (χ4n) is 3.38. The Bertz CT molecular complexity index is 844. The second-order valence-corrected chi connectivity index (χ2v) is 6.60. The van der Waals surface area contributed by atoms with E-state index in [0.717, 1.165) is 16.5 Å². The summed E-state index contributed by atoms with van der Waals surface area (Å²) in [6.07, 6.45) is 1.01. The Labute approximate surface area is 158 Å². The Morgan fingerprint density at radius 2 is 1.96 bits per heavy atom. The van der Waals surface area contributed by atoms with Crippen molar-refractivity contribution in [1.82, 2.24) is 5.32 Å². The average Bonchev–Trinajstić information content (AvgIpc) is 3.06. The van der Waals surface area contributed by atoms with Crippen LogP contribution in [0.2, 0.25) is 0 Å². The minimum atomic E-state index is -0.376. The van der Waals surface area contributed by atoms with Crippen molar-refractivity contribution in [2.45, 2.75) is 26.2 Å². The van der Waals surface area contributed by atoms with E-state index in [2.05, 4.69) is 5.32 Å². The molecule has 2 amide bonds. The van der Waals surface area contributed by atoms with Gasteiger partial charge in [-0.15, -0.1) is 0 Å². The van der Waals surface area contributed by atoms with Gasteiger partial charge in [0.1, 0.15) is 0 Å². The van der Waals surface area contributed by atoms with Crippen LogP contribution in [0, 0.1) is 5.92 Å². The highest BCUT2D eigenvalue weighted by atomic mass is 16.5. The minimum absolute atomic E-state index is 0.0435. The lowest BCUT2D eigenvalue weighted by Gasteiger charge is -2.19. The highest BCUT2D eigenvalue weighted by Gasteiger charge is 2.35. The van der Waals surface area contributed by atoms with E-state index in [0.29, 0.717) is 26.1 Å². The summed E-state index contributed by atoms with van der Waals surface area (Å²) in [6.45, 7) is 2.89. The second kappa shape index (κ2) is 8.66. The van der Waals surface area contributed by atoms with Crippen LogP contribution in [0.25, 0.3) is 10.8 Å². The van der Waals surface area contributed by atoms with E-state index in [-0.39, 0.29) is 36.5 Å². The van der Waals surface area contributed by atoms with Crippen LogP contribution in [-0.2, 0) is 19.1 Å². The van der Waals surface area contributed by atoms with Gasteiger partial charge in [0.25, 0.3) is 0 Å². The molecule has 0 bridgehead atoms. The van der Waals surface area contributed by atoms with Crippen molar-refractivity contribution < 1.29 is 19.1 Å². The van der Waals surface area contributed by atoms with Crippen LogP contribution in [0.3, 0.4) is 0 Å². The van der Waals surface area contributed by atoms with Gasteiger partial charge in [-0.3, -0.25) is 14.4 Å². The van der Waals surface area contributed by atoms with Crippen LogP contribution < -0.4 is 10.2 Å². The predicted octanol–water partition coefficient (Wildman–Crippen LogP) is 2.65. The summed E-state index contributed by atoms with van der Waals surface area (Å²) in [4.78, 5) is 37.9. The monoisotopic (exact) mass is 368 g/mol. The predicted molar refractivity (Wildman–Crippen MR) is 103 cm³/mol. The van der Waals surface area contributed by atoms with Crippen LogP contribution in [-0.4, -0.2) is 37.5 Å². The van der Waals surface area contributed by atoms with E-state index in [1.165, 1.54) is 0 Å². The number of hydrogen-bond donors (Lipinski definition) is 1. The molecular formula is C21H24N2O4. The number of anilines is 1. The molecule has 6 heteroatoms. The maximum absolute atomic E-state index is 12.5. The Balaban J connectivity index is 1.58. The van der Waals surface area contributed by atoms with E-state index in [4.69, 9.17) is 4.74 Å². The number of hydrogen-bond acceptors (Lipinski definition) is 4. The third-order valence-corrected chi connectivity index (χ3v) is 4.72. The molecule has 142 valence electrons. The number of rotatable bonds is 7. The van der Waals surface area contributed by atoms with E-state index >= 15 is 0 Å². The maximum atomic E-state index is 12.5. The Kier molecular flexibility index (Phi) is 6.06. The molecule has 2 aromatic rings. The zero-order valence-corrected chi connectivity index (χ0v) is 15.4. The Hall–Kier alpha value is -2.89. The van der Waals surface area contributed by atoms with Crippen LogP contribution >= 0.6 is 0 Å². The molecule has 0 aliphatic carbocycles. The van der Waals surface area contributed by atoms with Gasteiger partial charge in [0.05, 0.1) is 18.2 Å². The molecule has 1 aliphatic rings. The van der Waals surface area contributed by atoms with Crippen LogP contribution in [0.15, 0.2) is 42.5 Å². The molecule has 1 N–H and O–H groups in total. The van der Waals surface area contributed by atoms with Crippen molar-refractivity contribution in [3.63, 3.8) is 0 Å². The topological polar surface area (TPSA) is 75.7 Å². The molecule has 0 saturated carbocycles. The number of nitrogens with one attached hydrogen (secondary N) is 1. The van der Waals surface area contributed by atoms with Crippen LogP contribution in [0.4, 0.5) is 5.69 Å². The number of nitrogens with zero attached hydrogens (tertiary/aromatic N) is 1. The molecule has 2 aromatic carbocycles. The number of ether oxygens (including phenoxy) is 1. The summed E-state index contributed by atoms with van der Waals surface area (Å²) in [5.41, 5.74) is 0.843. The zero-order chi connectivity index (χ0) is 19.2. The number of carbonyl (C=O) groups excluding carboxylic acids is 3. The van der Waals surface area contributed by atoms with Gasteiger partial charge in [0, 0.05) is 31.3 Å². The summed E-state index contributed by atoms with van der Waals surface area (Å²) in [6, 6.07) is 13.7. The molecule has 27 heavy (non-hydrogen) atoms. The van der Waals surface area contributed by atoms with E-state index in [1.807, 2.05) is 42.5 Å². The standard InChI is InChI=1S/C21H24N2O4/c1-2-27-20(25)11-6-12-22-21(26)16-13-19(24)23(14-16)18-10-5-8-15-7-3-4-9-17(15)18/h3-5,7-10,16H,2,6,11-14H2,1H3,(H,22,26). The van der Waals surface area contributed by atoms with Gasteiger partial charge < -0.3 is 15.0 Å². The van der Waals surface area contributed by atoms with Gasteiger partial charge in [-0.05, 0) is 24.8 Å². The molecule has 1 atom stereocenters. The highest BCUT2D eigenvalue weighted by molar-refractivity contribution is 6.06. The van der Waals surface area contributed by atoms with Gasteiger partial charge in [0.15, 0.2) is 0 Å².